The van der Waals surface area contributed by atoms with Gasteiger partial charge in [-0.15, -0.1) is 0 Å². The standard InChI is InChI=1S/C17H26N2O/c1-4-13-7-6-10-16(13)19-15-9-5-8-14(11-15)17(20)18-12(2)3/h5,8-9,11-13,16,19H,4,6-7,10H2,1-3H3,(H,18,20). The maximum Gasteiger partial charge on any atom is 0.251 e. The number of carbonyl (C=O) groups excluding carboxylic acids is 1. The van der Waals surface area contributed by atoms with Crippen LogP contribution < -0.4 is 10.6 Å². The van der Waals surface area contributed by atoms with E-state index in [2.05, 4.69) is 23.6 Å². The van der Waals surface area contributed by atoms with Crippen LogP contribution in [0.1, 0.15) is 56.8 Å². The lowest BCUT2D eigenvalue weighted by Gasteiger charge is -2.21. The van der Waals surface area contributed by atoms with Gasteiger partial charge >= 0.3 is 0 Å². The molecule has 3 heteroatoms. The summed E-state index contributed by atoms with van der Waals surface area (Å²) >= 11 is 0. The number of hydrogen-bond donors (Lipinski definition) is 2. The zero-order valence-electron chi connectivity index (χ0n) is 12.8. The average Bonchev–Trinajstić information content (AvgIpc) is 2.85. The highest BCUT2D eigenvalue weighted by molar-refractivity contribution is 5.95. The molecule has 0 aromatic heterocycles. The number of carbonyl (C=O) groups is 1. The van der Waals surface area contributed by atoms with E-state index in [9.17, 15) is 4.79 Å². The second-order valence-corrected chi connectivity index (χ2v) is 6.06. The van der Waals surface area contributed by atoms with Crippen molar-refractivity contribution in [3.63, 3.8) is 0 Å². The molecule has 0 heterocycles. The van der Waals surface area contributed by atoms with Crippen LogP contribution in [0.3, 0.4) is 0 Å². The molecular weight excluding hydrogens is 248 g/mol. The monoisotopic (exact) mass is 274 g/mol. The molecule has 2 unspecified atom stereocenters. The van der Waals surface area contributed by atoms with Gasteiger partial charge < -0.3 is 10.6 Å². The second-order valence-electron chi connectivity index (χ2n) is 6.06. The van der Waals surface area contributed by atoms with Gasteiger partial charge in [-0.1, -0.05) is 25.8 Å². The van der Waals surface area contributed by atoms with Crippen LogP contribution >= 0.6 is 0 Å². The van der Waals surface area contributed by atoms with Crippen molar-refractivity contribution in [1.29, 1.82) is 0 Å². The first-order valence-electron chi connectivity index (χ1n) is 7.77. The fourth-order valence-corrected chi connectivity index (χ4v) is 3.03. The van der Waals surface area contributed by atoms with E-state index < -0.39 is 0 Å². The van der Waals surface area contributed by atoms with Gasteiger partial charge in [0, 0.05) is 23.3 Å². The summed E-state index contributed by atoms with van der Waals surface area (Å²) < 4.78 is 0. The highest BCUT2D eigenvalue weighted by atomic mass is 16.1. The van der Waals surface area contributed by atoms with E-state index in [4.69, 9.17) is 0 Å². The molecule has 110 valence electrons. The molecule has 0 bridgehead atoms. The lowest BCUT2D eigenvalue weighted by atomic mass is 10.0. The van der Waals surface area contributed by atoms with Crippen LogP contribution in [0.5, 0.6) is 0 Å². The molecule has 2 rings (SSSR count). The fourth-order valence-electron chi connectivity index (χ4n) is 3.03. The number of amides is 1. The van der Waals surface area contributed by atoms with Crippen LogP contribution in [-0.4, -0.2) is 18.0 Å². The van der Waals surface area contributed by atoms with Crippen LogP contribution in [0.4, 0.5) is 5.69 Å². The molecule has 20 heavy (non-hydrogen) atoms. The van der Waals surface area contributed by atoms with Crippen LogP contribution in [0.15, 0.2) is 24.3 Å². The fraction of sp³-hybridized carbons (Fsp3) is 0.588. The maximum atomic E-state index is 12.0. The zero-order valence-corrected chi connectivity index (χ0v) is 12.8. The van der Waals surface area contributed by atoms with Crippen LogP contribution in [0.2, 0.25) is 0 Å². The van der Waals surface area contributed by atoms with Crippen LogP contribution in [0.25, 0.3) is 0 Å². The first kappa shape index (κ1) is 14.9. The number of anilines is 1. The topological polar surface area (TPSA) is 41.1 Å². The van der Waals surface area contributed by atoms with Crippen LogP contribution in [-0.2, 0) is 0 Å². The van der Waals surface area contributed by atoms with E-state index in [0.29, 0.717) is 6.04 Å². The summed E-state index contributed by atoms with van der Waals surface area (Å²) in [4.78, 5) is 12.0. The van der Waals surface area contributed by atoms with E-state index >= 15 is 0 Å². The Kier molecular flexibility index (Phi) is 5.05. The quantitative estimate of drug-likeness (QED) is 0.857. The van der Waals surface area contributed by atoms with E-state index in [0.717, 1.165) is 17.2 Å². The summed E-state index contributed by atoms with van der Waals surface area (Å²) in [7, 11) is 0. The minimum atomic E-state index is 0.00196. The highest BCUT2D eigenvalue weighted by Gasteiger charge is 2.25. The normalized spacial score (nSPS) is 22.0. The predicted octanol–water partition coefficient (Wildman–Crippen LogP) is 3.82. The number of rotatable bonds is 5. The molecule has 1 aromatic carbocycles. The Balaban J connectivity index is 2.04. The Labute approximate surface area is 122 Å². The molecule has 1 fully saturated rings. The number of hydrogen-bond acceptors (Lipinski definition) is 2. The summed E-state index contributed by atoms with van der Waals surface area (Å²) in [5.74, 6) is 0.769. The van der Waals surface area contributed by atoms with Crippen molar-refractivity contribution in [2.75, 3.05) is 5.32 Å². The molecule has 2 N–H and O–H groups in total. The first-order valence-corrected chi connectivity index (χ1v) is 7.77. The molecule has 1 aliphatic carbocycles. The van der Waals surface area contributed by atoms with Crippen molar-refractivity contribution in [3.8, 4) is 0 Å². The minimum absolute atomic E-state index is 0.00196. The van der Waals surface area contributed by atoms with Gasteiger partial charge in [0.15, 0.2) is 0 Å². The van der Waals surface area contributed by atoms with Crippen LogP contribution in [0, 0.1) is 5.92 Å². The van der Waals surface area contributed by atoms with Gasteiger partial charge in [-0.25, -0.2) is 0 Å². The lowest BCUT2D eigenvalue weighted by molar-refractivity contribution is 0.0943. The molecule has 0 spiro atoms. The molecule has 1 aliphatic rings. The molecule has 0 saturated heterocycles. The summed E-state index contributed by atoms with van der Waals surface area (Å²) in [5, 5.41) is 6.54. The van der Waals surface area contributed by atoms with E-state index in [-0.39, 0.29) is 11.9 Å². The smallest absolute Gasteiger partial charge is 0.251 e. The van der Waals surface area contributed by atoms with Crippen molar-refractivity contribution >= 4 is 11.6 Å². The van der Waals surface area contributed by atoms with Gasteiger partial charge in [0.2, 0.25) is 0 Å². The van der Waals surface area contributed by atoms with Crippen molar-refractivity contribution in [3.05, 3.63) is 29.8 Å². The van der Waals surface area contributed by atoms with Gasteiger partial charge in [-0.3, -0.25) is 4.79 Å². The Hall–Kier alpha value is -1.51. The van der Waals surface area contributed by atoms with Crippen molar-refractivity contribution < 1.29 is 4.79 Å². The van der Waals surface area contributed by atoms with Crippen molar-refractivity contribution in [1.82, 2.24) is 5.32 Å². The summed E-state index contributed by atoms with van der Waals surface area (Å²) in [6, 6.07) is 8.56. The third-order valence-corrected chi connectivity index (χ3v) is 4.08. The van der Waals surface area contributed by atoms with E-state index in [1.165, 1.54) is 25.7 Å². The number of nitrogens with one attached hydrogen (secondary N) is 2. The molecule has 2 atom stereocenters. The molecular formula is C17H26N2O. The predicted molar refractivity (Wildman–Crippen MR) is 84.1 cm³/mol. The molecule has 1 aromatic rings. The molecule has 1 saturated carbocycles. The lowest BCUT2D eigenvalue weighted by Crippen LogP contribution is -2.30. The van der Waals surface area contributed by atoms with Gasteiger partial charge in [-0.05, 0) is 50.8 Å². The summed E-state index contributed by atoms with van der Waals surface area (Å²) in [6.07, 6.45) is 5.09. The van der Waals surface area contributed by atoms with Crippen molar-refractivity contribution in [2.45, 2.75) is 58.5 Å². The third-order valence-electron chi connectivity index (χ3n) is 4.08. The van der Waals surface area contributed by atoms with E-state index in [1.54, 1.807) is 0 Å². The van der Waals surface area contributed by atoms with Crippen molar-refractivity contribution in [2.24, 2.45) is 5.92 Å². The van der Waals surface area contributed by atoms with Gasteiger partial charge in [0.1, 0.15) is 0 Å². The minimum Gasteiger partial charge on any atom is -0.382 e. The molecule has 0 radical (unpaired) electrons. The van der Waals surface area contributed by atoms with Gasteiger partial charge in [0.25, 0.3) is 5.91 Å². The summed E-state index contributed by atoms with van der Waals surface area (Å²) in [5.41, 5.74) is 1.79. The zero-order chi connectivity index (χ0) is 14.5. The largest absolute Gasteiger partial charge is 0.382 e. The third kappa shape index (κ3) is 3.75. The van der Waals surface area contributed by atoms with E-state index in [1.807, 2.05) is 32.0 Å². The Bertz CT molecular complexity index is 456. The molecule has 1 amide bonds. The Morgan fingerprint density at radius 2 is 2.15 bits per heavy atom. The highest BCUT2D eigenvalue weighted by Crippen LogP contribution is 2.30. The Morgan fingerprint density at radius 3 is 2.85 bits per heavy atom. The Morgan fingerprint density at radius 1 is 1.35 bits per heavy atom. The second kappa shape index (κ2) is 6.78. The van der Waals surface area contributed by atoms with Gasteiger partial charge in [0.05, 0.1) is 0 Å². The first-order chi connectivity index (χ1) is 9.60. The van der Waals surface area contributed by atoms with Gasteiger partial charge in [-0.2, -0.15) is 0 Å². The molecule has 3 nitrogen and oxygen atoms in total. The number of benzene rings is 1. The molecule has 0 aliphatic heterocycles. The maximum absolute atomic E-state index is 12.0. The average molecular weight is 274 g/mol. The summed E-state index contributed by atoms with van der Waals surface area (Å²) in [6.45, 7) is 6.21. The SMILES string of the molecule is CCC1CCCC1Nc1cccc(C(=O)NC(C)C)c1.